The number of aryl methyl sites for hydroxylation is 1. The van der Waals surface area contributed by atoms with E-state index in [1.807, 2.05) is 13.8 Å². The van der Waals surface area contributed by atoms with Gasteiger partial charge in [0.25, 0.3) is 10.0 Å². The molecular formula is C31H38ClN3O6S. The molecule has 3 rings (SSSR count). The number of ether oxygens (including phenoxy) is 2. The van der Waals surface area contributed by atoms with Crippen molar-refractivity contribution in [3.05, 3.63) is 82.9 Å². The lowest BCUT2D eigenvalue weighted by atomic mass is 10.1. The number of rotatable bonds is 14. The zero-order chi connectivity index (χ0) is 30.9. The second kappa shape index (κ2) is 14.9. The summed E-state index contributed by atoms with van der Waals surface area (Å²) in [6, 6.07) is 17.1. The zero-order valence-electron chi connectivity index (χ0n) is 24.6. The van der Waals surface area contributed by atoms with Gasteiger partial charge in [0.05, 0.1) is 24.8 Å². The molecule has 226 valence electrons. The highest BCUT2D eigenvalue weighted by molar-refractivity contribution is 7.92. The topological polar surface area (TPSA) is 105 Å². The Hall–Kier alpha value is -3.76. The number of methoxy groups -OCH3 is 2. The molecule has 0 aliphatic heterocycles. The van der Waals surface area contributed by atoms with E-state index >= 15 is 0 Å². The maximum atomic E-state index is 14.1. The van der Waals surface area contributed by atoms with Gasteiger partial charge >= 0.3 is 0 Å². The molecule has 0 spiro atoms. The highest BCUT2D eigenvalue weighted by Gasteiger charge is 2.33. The molecule has 2 amide bonds. The third kappa shape index (κ3) is 8.17. The molecule has 0 aliphatic carbocycles. The number of carbonyl (C=O) groups is 2. The van der Waals surface area contributed by atoms with Crippen LogP contribution in [0.2, 0.25) is 5.02 Å². The number of halogens is 1. The van der Waals surface area contributed by atoms with Crippen LogP contribution < -0.4 is 19.1 Å². The fourth-order valence-electron chi connectivity index (χ4n) is 4.30. The molecule has 42 heavy (non-hydrogen) atoms. The molecule has 0 radical (unpaired) electrons. The Morgan fingerprint density at radius 2 is 1.67 bits per heavy atom. The largest absolute Gasteiger partial charge is 0.493 e. The molecule has 0 saturated heterocycles. The summed E-state index contributed by atoms with van der Waals surface area (Å²) in [5.74, 6) is -0.206. The smallest absolute Gasteiger partial charge is 0.264 e. The van der Waals surface area contributed by atoms with Crippen LogP contribution in [-0.2, 0) is 26.2 Å². The molecule has 11 heteroatoms. The summed E-state index contributed by atoms with van der Waals surface area (Å²) in [6.45, 7) is 5.44. The summed E-state index contributed by atoms with van der Waals surface area (Å²) in [5.41, 5.74) is 1.78. The number of nitrogens with one attached hydrogen (secondary N) is 1. The van der Waals surface area contributed by atoms with Gasteiger partial charge in [0.1, 0.15) is 12.6 Å². The predicted octanol–water partition coefficient (Wildman–Crippen LogP) is 5.19. The van der Waals surface area contributed by atoms with Crippen molar-refractivity contribution < 1.29 is 27.5 Å². The summed E-state index contributed by atoms with van der Waals surface area (Å²) in [6.07, 6.45) is 1.69. The number of anilines is 1. The van der Waals surface area contributed by atoms with Gasteiger partial charge in [0.2, 0.25) is 11.8 Å². The second-order valence-electron chi connectivity index (χ2n) is 9.84. The Morgan fingerprint density at radius 1 is 0.976 bits per heavy atom. The summed E-state index contributed by atoms with van der Waals surface area (Å²) in [7, 11) is -1.30. The Labute approximate surface area is 253 Å². The van der Waals surface area contributed by atoms with E-state index in [4.69, 9.17) is 21.1 Å². The van der Waals surface area contributed by atoms with Crippen molar-refractivity contribution in [2.45, 2.75) is 51.1 Å². The lowest BCUT2D eigenvalue weighted by molar-refractivity contribution is -0.139. The van der Waals surface area contributed by atoms with Gasteiger partial charge in [-0.3, -0.25) is 13.9 Å². The number of hydrogen-bond donors (Lipinski definition) is 1. The number of benzene rings is 3. The molecule has 1 atom stereocenters. The van der Waals surface area contributed by atoms with Crippen molar-refractivity contribution in [2.75, 3.05) is 31.6 Å². The van der Waals surface area contributed by atoms with Gasteiger partial charge in [0.15, 0.2) is 11.5 Å². The summed E-state index contributed by atoms with van der Waals surface area (Å²) >= 11 is 6.20. The minimum Gasteiger partial charge on any atom is -0.493 e. The molecule has 3 aromatic rings. The lowest BCUT2D eigenvalue weighted by Crippen LogP contribution is -2.51. The van der Waals surface area contributed by atoms with Gasteiger partial charge in [-0.15, -0.1) is 0 Å². The minimum absolute atomic E-state index is 0.0161. The van der Waals surface area contributed by atoms with Crippen LogP contribution >= 0.6 is 11.6 Å². The first kappa shape index (κ1) is 32.8. The van der Waals surface area contributed by atoms with E-state index < -0.39 is 28.5 Å². The van der Waals surface area contributed by atoms with Crippen LogP contribution in [0.15, 0.2) is 71.6 Å². The van der Waals surface area contributed by atoms with Gasteiger partial charge in [0, 0.05) is 24.2 Å². The third-order valence-corrected chi connectivity index (χ3v) is 8.80. The fourth-order valence-corrected chi connectivity index (χ4v) is 5.92. The van der Waals surface area contributed by atoms with E-state index in [1.54, 1.807) is 55.5 Å². The van der Waals surface area contributed by atoms with Crippen molar-refractivity contribution in [1.29, 1.82) is 0 Å². The fraction of sp³-hybridized carbons (Fsp3) is 0.355. The Balaban J connectivity index is 2.06. The van der Waals surface area contributed by atoms with E-state index in [2.05, 4.69) is 5.32 Å². The SMILES string of the molecule is CCCCNC(=O)C(C)N(Cc1cccc(Cl)c1)C(=O)CN(c1ccc(OC)c(OC)c1)S(=O)(=O)c1ccc(C)cc1. The first-order chi connectivity index (χ1) is 20.0. The normalized spacial score (nSPS) is 11.9. The van der Waals surface area contributed by atoms with Crippen LogP contribution in [0.25, 0.3) is 0 Å². The predicted molar refractivity (Wildman–Crippen MR) is 165 cm³/mol. The Morgan fingerprint density at radius 3 is 2.29 bits per heavy atom. The van der Waals surface area contributed by atoms with E-state index in [0.29, 0.717) is 28.6 Å². The zero-order valence-corrected chi connectivity index (χ0v) is 26.2. The van der Waals surface area contributed by atoms with E-state index in [1.165, 1.54) is 37.3 Å². The molecule has 0 heterocycles. The summed E-state index contributed by atoms with van der Waals surface area (Å²) in [5, 5.41) is 3.35. The van der Waals surface area contributed by atoms with Crippen LogP contribution in [0.1, 0.15) is 37.8 Å². The van der Waals surface area contributed by atoms with Gasteiger partial charge in [-0.2, -0.15) is 0 Å². The number of hydrogen-bond acceptors (Lipinski definition) is 6. The standard InChI is InChI=1S/C31H38ClN3O6S/c1-6-7-17-33-31(37)23(3)34(20-24-9-8-10-25(32)18-24)30(36)21-35(26-13-16-28(40-4)29(19-26)41-5)42(38,39)27-14-11-22(2)12-15-27/h8-16,18-19,23H,6-7,17,20-21H2,1-5H3,(H,33,37). The van der Waals surface area contributed by atoms with E-state index in [-0.39, 0.29) is 23.0 Å². The molecule has 0 aromatic heterocycles. The monoisotopic (exact) mass is 615 g/mol. The first-order valence-corrected chi connectivity index (χ1v) is 15.5. The average Bonchev–Trinajstić information content (AvgIpc) is 2.98. The van der Waals surface area contributed by atoms with Gasteiger partial charge in [-0.25, -0.2) is 8.42 Å². The molecule has 0 fully saturated rings. The number of nitrogens with zero attached hydrogens (tertiary/aromatic N) is 2. The Bertz CT molecular complexity index is 1480. The van der Waals surface area contributed by atoms with Gasteiger partial charge < -0.3 is 19.7 Å². The van der Waals surface area contributed by atoms with Gasteiger partial charge in [-0.1, -0.05) is 54.8 Å². The van der Waals surface area contributed by atoms with Crippen LogP contribution in [0.3, 0.4) is 0 Å². The number of unbranched alkanes of at least 4 members (excludes halogenated alkanes) is 1. The third-order valence-electron chi connectivity index (χ3n) is 6.78. The van der Waals surface area contributed by atoms with Crippen molar-refractivity contribution in [1.82, 2.24) is 10.2 Å². The van der Waals surface area contributed by atoms with Crippen molar-refractivity contribution in [3.8, 4) is 11.5 Å². The second-order valence-corrected chi connectivity index (χ2v) is 12.1. The number of sulfonamides is 1. The van der Waals surface area contributed by atoms with Crippen LogP contribution in [-0.4, -0.2) is 58.5 Å². The first-order valence-electron chi connectivity index (χ1n) is 13.6. The highest BCUT2D eigenvalue weighted by Crippen LogP contribution is 2.34. The molecule has 1 N–H and O–H groups in total. The van der Waals surface area contributed by atoms with E-state index in [0.717, 1.165) is 22.7 Å². The molecule has 1 unspecified atom stereocenters. The molecule has 0 aliphatic rings. The number of amides is 2. The molecule has 0 bridgehead atoms. The van der Waals surface area contributed by atoms with Crippen LogP contribution in [0.5, 0.6) is 11.5 Å². The number of carbonyl (C=O) groups excluding carboxylic acids is 2. The highest BCUT2D eigenvalue weighted by atomic mass is 35.5. The molecule has 3 aromatic carbocycles. The molecule has 9 nitrogen and oxygen atoms in total. The Kier molecular flexibility index (Phi) is 11.6. The summed E-state index contributed by atoms with van der Waals surface area (Å²) in [4.78, 5) is 28.5. The van der Waals surface area contributed by atoms with Crippen LogP contribution in [0.4, 0.5) is 5.69 Å². The van der Waals surface area contributed by atoms with Crippen molar-refractivity contribution >= 4 is 39.1 Å². The minimum atomic E-state index is -4.22. The lowest BCUT2D eigenvalue weighted by Gasteiger charge is -2.32. The van der Waals surface area contributed by atoms with Crippen molar-refractivity contribution in [3.63, 3.8) is 0 Å². The molecular weight excluding hydrogens is 578 g/mol. The maximum absolute atomic E-state index is 14.1. The average molecular weight is 616 g/mol. The molecule has 0 saturated carbocycles. The van der Waals surface area contributed by atoms with Crippen LogP contribution in [0, 0.1) is 6.92 Å². The maximum Gasteiger partial charge on any atom is 0.264 e. The quantitative estimate of drug-likeness (QED) is 0.250. The van der Waals surface area contributed by atoms with Crippen molar-refractivity contribution in [2.24, 2.45) is 0 Å². The van der Waals surface area contributed by atoms with E-state index in [9.17, 15) is 18.0 Å². The van der Waals surface area contributed by atoms with Gasteiger partial charge in [-0.05, 0) is 62.2 Å². The summed E-state index contributed by atoms with van der Waals surface area (Å²) < 4.78 is 39.8.